The Morgan fingerprint density at radius 3 is 2.52 bits per heavy atom. The highest BCUT2D eigenvalue weighted by Gasteiger charge is 2.27. The zero-order valence-electron chi connectivity index (χ0n) is 14.9. The zero-order chi connectivity index (χ0) is 19.2. The number of benzene rings is 2. The monoisotopic (exact) mass is 366 g/mol. The Morgan fingerprint density at radius 1 is 1.04 bits per heavy atom. The fraction of sp³-hybridized carbons (Fsp3) is 0.286. The van der Waals surface area contributed by atoms with Crippen LogP contribution in [0, 0.1) is 0 Å². The number of amides is 2. The van der Waals surface area contributed by atoms with E-state index in [1.54, 1.807) is 17.0 Å². The molecule has 3 rings (SSSR count). The molecule has 1 heterocycles. The van der Waals surface area contributed by atoms with Gasteiger partial charge in [0, 0.05) is 31.1 Å². The molecule has 0 radical (unpaired) electrons. The summed E-state index contributed by atoms with van der Waals surface area (Å²) in [7, 11) is 0. The molecule has 2 aromatic rings. The molecule has 0 aliphatic carbocycles. The summed E-state index contributed by atoms with van der Waals surface area (Å²) in [6, 6.07) is 15.7. The summed E-state index contributed by atoms with van der Waals surface area (Å²) >= 11 is 0. The van der Waals surface area contributed by atoms with E-state index in [1.165, 1.54) is 12.1 Å². The number of nitrogens with zero attached hydrogens (tertiary/aromatic N) is 1. The number of hydrogen-bond donors (Lipinski definition) is 2. The van der Waals surface area contributed by atoms with Gasteiger partial charge in [-0.15, -0.1) is 0 Å². The number of nitrogens with one attached hydrogen (secondary N) is 1. The van der Waals surface area contributed by atoms with Crippen LogP contribution in [0.15, 0.2) is 54.6 Å². The molecule has 2 amide bonds. The number of rotatable bonds is 6. The average Bonchev–Trinajstić information content (AvgIpc) is 3.15. The molecule has 1 aliphatic heterocycles. The first-order chi connectivity index (χ1) is 13.0. The van der Waals surface area contributed by atoms with Gasteiger partial charge in [0.2, 0.25) is 5.91 Å². The molecular formula is C21H22N2O4. The highest BCUT2D eigenvalue weighted by atomic mass is 16.4. The van der Waals surface area contributed by atoms with Crippen LogP contribution in [0.1, 0.15) is 39.1 Å². The highest BCUT2D eigenvalue weighted by molar-refractivity contribution is 5.97. The molecule has 27 heavy (non-hydrogen) atoms. The minimum absolute atomic E-state index is 0.0757. The van der Waals surface area contributed by atoms with Gasteiger partial charge in [0.15, 0.2) is 0 Å². The van der Waals surface area contributed by atoms with Crippen molar-refractivity contribution in [2.45, 2.75) is 25.3 Å². The molecule has 1 aliphatic rings. The van der Waals surface area contributed by atoms with Crippen LogP contribution in [-0.4, -0.2) is 46.9 Å². The smallest absolute Gasteiger partial charge is 0.335 e. The number of carbonyl (C=O) groups is 3. The normalized spacial score (nSPS) is 16.1. The molecule has 0 spiro atoms. The summed E-state index contributed by atoms with van der Waals surface area (Å²) in [6.07, 6.45) is 1.85. The van der Waals surface area contributed by atoms with Crippen molar-refractivity contribution < 1.29 is 19.5 Å². The average molecular weight is 366 g/mol. The molecule has 0 aromatic heterocycles. The molecule has 1 atom stereocenters. The van der Waals surface area contributed by atoms with Crippen molar-refractivity contribution in [1.82, 2.24) is 10.2 Å². The number of aryl methyl sites for hydroxylation is 1. The van der Waals surface area contributed by atoms with Crippen molar-refractivity contribution in [3.63, 3.8) is 0 Å². The van der Waals surface area contributed by atoms with Gasteiger partial charge in [-0.1, -0.05) is 36.4 Å². The minimum atomic E-state index is -1.07. The van der Waals surface area contributed by atoms with Gasteiger partial charge in [-0.25, -0.2) is 4.79 Å². The highest BCUT2D eigenvalue weighted by Crippen LogP contribution is 2.14. The van der Waals surface area contributed by atoms with Crippen molar-refractivity contribution >= 4 is 17.8 Å². The van der Waals surface area contributed by atoms with Crippen molar-refractivity contribution in [3.8, 4) is 0 Å². The van der Waals surface area contributed by atoms with Crippen LogP contribution >= 0.6 is 0 Å². The van der Waals surface area contributed by atoms with Gasteiger partial charge in [0.05, 0.1) is 5.56 Å². The lowest BCUT2D eigenvalue weighted by atomic mass is 10.1. The molecule has 6 nitrogen and oxygen atoms in total. The van der Waals surface area contributed by atoms with E-state index < -0.39 is 5.97 Å². The molecule has 1 fully saturated rings. The lowest BCUT2D eigenvalue weighted by molar-refractivity contribution is -0.130. The van der Waals surface area contributed by atoms with Gasteiger partial charge in [-0.05, 0) is 36.6 Å². The Hall–Kier alpha value is -3.15. The first kappa shape index (κ1) is 18.6. The van der Waals surface area contributed by atoms with E-state index in [4.69, 9.17) is 5.11 Å². The number of carboxylic acid groups (broad SMARTS) is 1. The summed E-state index contributed by atoms with van der Waals surface area (Å²) < 4.78 is 0. The van der Waals surface area contributed by atoms with Crippen LogP contribution in [0.3, 0.4) is 0 Å². The molecule has 140 valence electrons. The first-order valence-corrected chi connectivity index (χ1v) is 8.99. The third kappa shape index (κ3) is 4.94. The van der Waals surface area contributed by atoms with E-state index in [0.717, 1.165) is 5.56 Å². The van der Waals surface area contributed by atoms with Gasteiger partial charge in [0.25, 0.3) is 5.91 Å². The molecule has 1 unspecified atom stereocenters. The van der Waals surface area contributed by atoms with E-state index in [1.807, 2.05) is 30.3 Å². The predicted octanol–water partition coefficient (Wildman–Crippen LogP) is 2.35. The standard InChI is InChI=1S/C21H22N2O4/c24-19(10-9-15-5-2-1-3-6-15)23-12-11-18(14-23)22-20(25)16-7-4-8-17(13-16)21(26)27/h1-8,13,18H,9-12,14H2,(H,22,25)(H,26,27). The maximum absolute atomic E-state index is 12.4. The van der Waals surface area contributed by atoms with E-state index in [2.05, 4.69) is 5.32 Å². The van der Waals surface area contributed by atoms with Crippen LogP contribution in [0.25, 0.3) is 0 Å². The number of aromatic carboxylic acids is 1. The zero-order valence-corrected chi connectivity index (χ0v) is 14.9. The van der Waals surface area contributed by atoms with E-state index in [-0.39, 0.29) is 23.4 Å². The Morgan fingerprint density at radius 2 is 1.78 bits per heavy atom. The summed E-state index contributed by atoms with van der Waals surface area (Å²) in [5, 5.41) is 11.9. The Kier molecular flexibility index (Phi) is 5.86. The molecule has 2 N–H and O–H groups in total. The second-order valence-corrected chi connectivity index (χ2v) is 6.67. The van der Waals surface area contributed by atoms with Crippen LogP contribution < -0.4 is 5.32 Å². The number of carboxylic acids is 1. The van der Waals surface area contributed by atoms with Crippen molar-refractivity contribution in [1.29, 1.82) is 0 Å². The van der Waals surface area contributed by atoms with Gasteiger partial charge < -0.3 is 15.3 Å². The number of hydrogen-bond acceptors (Lipinski definition) is 3. The molecule has 0 bridgehead atoms. The number of likely N-dealkylation sites (tertiary alicyclic amines) is 1. The van der Waals surface area contributed by atoms with Crippen molar-refractivity contribution in [2.75, 3.05) is 13.1 Å². The lowest BCUT2D eigenvalue weighted by Gasteiger charge is -2.17. The predicted molar refractivity (Wildman–Crippen MR) is 101 cm³/mol. The maximum atomic E-state index is 12.4. The Balaban J connectivity index is 1.50. The first-order valence-electron chi connectivity index (χ1n) is 8.99. The SMILES string of the molecule is O=C(O)c1cccc(C(=O)NC2CCN(C(=O)CCc3ccccc3)C2)c1. The molecule has 2 aromatic carbocycles. The second kappa shape index (κ2) is 8.49. The van der Waals surface area contributed by atoms with Crippen LogP contribution in [-0.2, 0) is 11.2 Å². The molecular weight excluding hydrogens is 344 g/mol. The lowest BCUT2D eigenvalue weighted by Crippen LogP contribution is -2.38. The van der Waals surface area contributed by atoms with Gasteiger partial charge >= 0.3 is 5.97 Å². The van der Waals surface area contributed by atoms with Crippen LogP contribution in [0.4, 0.5) is 0 Å². The molecule has 6 heteroatoms. The van der Waals surface area contributed by atoms with E-state index in [0.29, 0.717) is 37.9 Å². The van der Waals surface area contributed by atoms with Gasteiger partial charge in [0.1, 0.15) is 0 Å². The molecule has 1 saturated heterocycles. The largest absolute Gasteiger partial charge is 0.478 e. The summed E-state index contributed by atoms with van der Waals surface area (Å²) in [6.45, 7) is 1.10. The van der Waals surface area contributed by atoms with Crippen LogP contribution in [0.5, 0.6) is 0 Å². The Labute approximate surface area is 157 Å². The maximum Gasteiger partial charge on any atom is 0.335 e. The van der Waals surface area contributed by atoms with Crippen LogP contribution in [0.2, 0.25) is 0 Å². The summed E-state index contributed by atoms with van der Waals surface area (Å²) in [4.78, 5) is 37.5. The van der Waals surface area contributed by atoms with Gasteiger partial charge in [-0.3, -0.25) is 9.59 Å². The summed E-state index contributed by atoms with van der Waals surface area (Å²) in [5.74, 6) is -1.30. The van der Waals surface area contributed by atoms with Crippen molar-refractivity contribution in [2.24, 2.45) is 0 Å². The Bertz CT molecular complexity index is 835. The molecule has 0 saturated carbocycles. The second-order valence-electron chi connectivity index (χ2n) is 6.67. The third-order valence-corrected chi connectivity index (χ3v) is 4.72. The van der Waals surface area contributed by atoms with Crippen molar-refractivity contribution in [3.05, 3.63) is 71.3 Å². The van der Waals surface area contributed by atoms with E-state index in [9.17, 15) is 14.4 Å². The topological polar surface area (TPSA) is 86.7 Å². The number of carbonyl (C=O) groups excluding carboxylic acids is 2. The summed E-state index contributed by atoms with van der Waals surface area (Å²) in [5.41, 5.74) is 1.52. The fourth-order valence-corrected chi connectivity index (χ4v) is 3.22. The quantitative estimate of drug-likeness (QED) is 0.822. The van der Waals surface area contributed by atoms with Gasteiger partial charge in [-0.2, -0.15) is 0 Å². The van der Waals surface area contributed by atoms with E-state index >= 15 is 0 Å². The minimum Gasteiger partial charge on any atom is -0.478 e. The third-order valence-electron chi connectivity index (χ3n) is 4.72. The fourth-order valence-electron chi connectivity index (χ4n) is 3.22.